The minimum absolute atomic E-state index is 0.279. The van der Waals surface area contributed by atoms with Crippen LogP contribution in [0.15, 0.2) is 84.4 Å². The highest BCUT2D eigenvalue weighted by Crippen LogP contribution is 2.25. The summed E-state index contributed by atoms with van der Waals surface area (Å²) in [5, 5.41) is 7.76. The Morgan fingerprint density at radius 2 is 1.78 bits per heavy atom. The van der Waals surface area contributed by atoms with Gasteiger partial charge in [0.25, 0.3) is 11.8 Å². The predicted octanol–water partition coefficient (Wildman–Crippen LogP) is 5.70. The van der Waals surface area contributed by atoms with Crippen molar-refractivity contribution in [3.05, 3.63) is 111 Å². The number of rotatable bonds is 4. The van der Waals surface area contributed by atoms with Crippen LogP contribution in [0.5, 0.6) is 0 Å². The van der Waals surface area contributed by atoms with E-state index in [1.165, 1.54) is 11.3 Å². The minimum Gasteiger partial charge on any atom is -0.322 e. The predicted molar refractivity (Wildman–Crippen MR) is 128 cm³/mol. The molecule has 0 aliphatic rings. The standard InChI is InChI=1S/C25H16ClN3O2S/c26-21-12-10-18(16-22(21)29-25(31)23-8-4-14-32-23)24(30)28-20-7-3-5-17(15-20)9-11-19-6-1-2-13-27-19/h1-8,10,12-16H,(H,28,30)(H,29,31). The van der Waals surface area contributed by atoms with Crippen molar-refractivity contribution in [2.45, 2.75) is 0 Å². The number of hydrogen-bond acceptors (Lipinski definition) is 4. The smallest absolute Gasteiger partial charge is 0.265 e. The van der Waals surface area contributed by atoms with Crippen molar-refractivity contribution in [2.75, 3.05) is 10.6 Å². The zero-order valence-electron chi connectivity index (χ0n) is 16.6. The Balaban J connectivity index is 1.48. The van der Waals surface area contributed by atoms with Crippen LogP contribution in [0.3, 0.4) is 0 Å². The molecule has 32 heavy (non-hydrogen) atoms. The van der Waals surface area contributed by atoms with Gasteiger partial charge in [0.15, 0.2) is 0 Å². The second kappa shape index (κ2) is 9.92. The van der Waals surface area contributed by atoms with Crippen LogP contribution in [-0.2, 0) is 0 Å². The zero-order valence-corrected chi connectivity index (χ0v) is 18.2. The number of carbonyl (C=O) groups excluding carboxylic acids is 2. The average Bonchev–Trinajstić information content (AvgIpc) is 3.35. The van der Waals surface area contributed by atoms with E-state index in [-0.39, 0.29) is 11.8 Å². The lowest BCUT2D eigenvalue weighted by Gasteiger charge is -2.10. The van der Waals surface area contributed by atoms with E-state index in [0.717, 1.165) is 5.56 Å². The number of amides is 2. The van der Waals surface area contributed by atoms with Crippen LogP contribution < -0.4 is 10.6 Å². The summed E-state index contributed by atoms with van der Waals surface area (Å²) in [6.07, 6.45) is 1.68. The number of nitrogens with zero attached hydrogens (tertiary/aromatic N) is 1. The van der Waals surface area contributed by atoms with Crippen molar-refractivity contribution in [2.24, 2.45) is 0 Å². The highest BCUT2D eigenvalue weighted by molar-refractivity contribution is 7.12. The van der Waals surface area contributed by atoms with Gasteiger partial charge in [0.1, 0.15) is 5.69 Å². The lowest BCUT2D eigenvalue weighted by molar-refractivity contribution is 0.101. The molecule has 0 aliphatic heterocycles. The third kappa shape index (κ3) is 5.41. The van der Waals surface area contributed by atoms with Gasteiger partial charge in [0.2, 0.25) is 0 Å². The first kappa shape index (κ1) is 21.3. The van der Waals surface area contributed by atoms with E-state index in [1.54, 1.807) is 48.7 Å². The second-order valence-corrected chi connectivity index (χ2v) is 7.98. The van der Waals surface area contributed by atoms with E-state index in [9.17, 15) is 9.59 Å². The molecule has 0 atom stereocenters. The van der Waals surface area contributed by atoms with Gasteiger partial charge in [-0.3, -0.25) is 9.59 Å². The molecule has 0 bridgehead atoms. The van der Waals surface area contributed by atoms with Crippen LogP contribution in [0.25, 0.3) is 0 Å². The molecule has 2 aromatic heterocycles. The molecular formula is C25H16ClN3O2S. The van der Waals surface area contributed by atoms with E-state index >= 15 is 0 Å². The highest BCUT2D eigenvalue weighted by Gasteiger charge is 2.13. The number of hydrogen-bond donors (Lipinski definition) is 2. The van der Waals surface area contributed by atoms with Crippen LogP contribution >= 0.6 is 22.9 Å². The van der Waals surface area contributed by atoms with Gasteiger partial charge in [-0.2, -0.15) is 0 Å². The number of nitrogens with one attached hydrogen (secondary N) is 2. The molecule has 2 aromatic carbocycles. The Hall–Kier alpha value is -3.92. The maximum Gasteiger partial charge on any atom is 0.265 e. The van der Waals surface area contributed by atoms with Gasteiger partial charge >= 0.3 is 0 Å². The van der Waals surface area contributed by atoms with Gasteiger partial charge in [0, 0.05) is 23.0 Å². The van der Waals surface area contributed by atoms with Gasteiger partial charge in [-0.05, 0) is 65.9 Å². The number of thiophene rings is 1. The second-order valence-electron chi connectivity index (χ2n) is 6.63. The Labute approximate surface area is 194 Å². The number of aromatic nitrogens is 1. The Morgan fingerprint density at radius 3 is 2.56 bits per heavy atom. The number of benzene rings is 2. The van der Waals surface area contributed by atoms with Crippen molar-refractivity contribution in [1.82, 2.24) is 4.98 Å². The summed E-state index contributed by atoms with van der Waals surface area (Å²) in [5.74, 6) is 5.42. The Bertz CT molecular complexity index is 1330. The molecular weight excluding hydrogens is 442 g/mol. The van der Waals surface area contributed by atoms with E-state index < -0.39 is 0 Å². The monoisotopic (exact) mass is 457 g/mol. The molecule has 4 rings (SSSR count). The van der Waals surface area contributed by atoms with Crippen molar-refractivity contribution in [3.63, 3.8) is 0 Å². The minimum atomic E-state index is -0.330. The lowest BCUT2D eigenvalue weighted by atomic mass is 10.1. The van der Waals surface area contributed by atoms with Crippen molar-refractivity contribution < 1.29 is 9.59 Å². The van der Waals surface area contributed by atoms with Crippen molar-refractivity contribution in [3.8, 4) is 11.8 Å². The number of pyridine rings is 1. The average molecular weight is 458 g/mol. The van der Waals surface area contributed by atoms with Gasteiger partial charge in [-0.15, -0.1) is 11.3 Å². The molecule has 2 N–H and O–H groups in total. The maximum absolute atomic E-state index is 12.8. The molecule has 2 heterocycles. The number of anilines is 2. The van der Waals surface area contributed by atoms with Gasteiger partial charge in [-0.1, -0.05) is 35.7 Å². The third-order valence-electron chi connectivity index (χ3n) is 4.34. The fourth-order valence-corrected chi connectivity index (χ4v) is 3.59. The molecule has 2 amide bonds. The number of halogens is 1. The largest absolute Gasteiger partial charge is 0.322 e. The van der Waals surface area contributed by atoms with E-state index in [2.05, 4.69) is 27.5 Å². The fraction of sp³-hybridized carbons (Fsp3) is 0. The summed E-state index contributed by atoms with van der Waals surface area (Å²) in [6.45, 7) is 0. The molecule has 5 nitrogen and oxygen atoms in total. The van der Waals surface area contributed by atoms with Crippen LogP contribution in [0.2, 0.25) is 5.02 Å². The molecule has 7 heteroatoms. The first-order chi connectivity index (χ1) is 15.6. The van der Waals surface area contributed by atoms with E-state index in [0.29, 0.717) is 32.5 Å². The first-order valence-corrected chi connectivity index (χ1v) is 10.8. The summed E-state index contributed by atoms with van der Waals surface area (Å²) < 4.78 is 0. The maximum atomic E-state index is 12.8. The van der Waals surface area contributed by atoms with Gasteiger partial charge in [-0.25, -0.2) is 4.98 Å². The van der Waals surface area contributed by atoms with Crippen molar-refractivity contribution in [1.29, 1.82) is 0 Å². The van der Waals surface area contributed by atoms with E-state index in [1.807, 2.05) is 35.7 Å². The molecule has 0 saturated carbocycles. The van der Waals surface area contributed by atoms with Gasteiger partial charge < -0.3 is 10.6 Å². The normalized spacial score (nSPS) is 10.0. The SMILES string of the molecule is O=C(Nc1cccc(C#Cc2ccccn2)c1)c1ccc(Cl)c(NC(=O)c2cccs2)c1. The van der Waals surface area contributed by atoms with Gasteiger partial charge in [0.05, 0.1) is 15.6 Å². The summed E-state index contributed by atoms with van der Waals surface area (Å²) in [6, 6.07) is 21.0. The van der Waals surface area contributed by atoms with Crippen molar-refractivity contribution >= 4 is 46.1 Å². The van der Waals surface area contributed by atoms with Crippen LogP contribution in [-0.4, -0.2) is 16.8 Å². The molecule has 0 aliphatic carbocycles. The molecule has 0 spiro atoms. The van der Waals surface area contributed by atoms with E-state index in [4.69, 9.17) is 11.6 Å². The molecule has 0 radical (unpaired) electrons. The Kier molecular flexibility index (Phi) is 6.61. The molecule has 0 unspecified atom stereocenters. The molecule has 156 valence electrons. The summed E-state index contributed by atoms with van der Waals surface area (Å²) in [5.41, 5.74) is 2.74. The Morgan fingerprint density at radius 1 is 0.875 bits per heavy atom. The number of carbonyl (C=O) groups is 2. The molecule has 0 fully saturated rings. The first-order valence-electron chi connectivity index (χ1n) is 9.57. The lowest BCUT2D eigenvalue weighted by Crippen LogP contribution is -2.14. The topological polar surface area (TPSA) is 71.1 Å². The third-order valence-corrected chi connectivity index (χ3v) is 5.54. The van der Waals surface area contributed by atoms with Crippen LogP contribution in [0, 0.1) is 11.8 Å². The molecule has 4 aromatic rings. The summed E-state index contributed by atoms with van der Waals surface area (Å²) in [7, 11) is 0. The zero-order chi connectivity index (χ0) is 22.3. The summed E-state index contributed by atoms with van der Waals surface area (Å²) >= 11 is 7.53. The quantitative estimate of drug-likeness (QED) is 0.386. The van der Waals surface area contributed by atoms with Crippen LogP contribution in [0.1, 0.15) is 31.3 Å². The molecule has 0 saturated heterocycles. The summed E-state index contributed by atoms with van der Waals surface area (Å²) in [4.78, 5) is 29.8. The fourth-order valence-electron chi connectivity index (χ4n) is 2.80. The highest BCUT2D eigenvalue weighted by atomic mass is 35.5. The van der Waals surface area contributed by atoms with Crippen LogP contribution in [0.4, 0.5) is 11.4 Å².